The van der Waals surface area contributed by atoms with Crippen molar-refractivity contribution in [3.63, 3.8) is 0 Å². The molecule has 1 N–H and O–H groups in total. The average molecular weight is 289 g/mol. The van der Waals surface area contributed by atoms with Crippen molar-refractivity contribution in [1.29, 1.82) is 0 Å². The van der Waals surface area contributed by atoms with Crippen molar-refractivity contribution >= 4 is 16.8 Å². The number of nitrogens with one attached hydrogen (secondary N) is 1. The Kier molecular flexibility index (Phi) is 3.07. The summed E-state index contributed by atoms with van der Waals surface area (Å²) in [5, 5.41) is 12.5. The van der Waals surface area contributed by atoms with Crippen LogP contribution in [0.4, 0.5) is 0 Å². The number of carbonyl (C=O) groups excluding carboxylic acids is 1. The predicted molar refractivity (Wildman–Crippen MR) is 85.5 cm³/mol. The highest BCUT2D eigenvalue weighted by molar-refractivity contribution is 6.10. The Hall–Kier alpha value is -2.75. The van der Waals surface area contributed by atoms with Crippen LogP contribution in [0.5, 0.6) is 0 Å². The number of fused-ring (bicyclic) bond motifs is 1. The minimum atomic E-state index is -0.0625. The zero-order valence-electron chi connectivity index (χ0n) is 12.0. The summed E-state index contributed by atoms with van der Waals surface area (Å²) < 4.78 is 0. The van der Waals surface area contributed by atoms with Crippen molar-refractivity contribution in [3.05, 3.63) is 60.2 Å². The van der Waals surface area contributed by atoms with E-state index in [2.05, 4.69) is 15.5 Å². The lowest BCUT2D eigenvalue weighted by Crippen LogP contribution is -2.26. The molecule has 0 aliphatic heterocycles. The van der Waals surface area contributed by atoms with E-state index >= 15 is 0 Å². The van der Waals surface area contributed by atoms with Crippen molar-refractivity contribution < 1.29 is 4.79 Å². The van der Waals surface area contributed by atoms with Crippen LogP contribution in [0.25, 0.3) is 22.2 Å². The molecule has 4 rings (SSSR count). The fourth-order valence-corrected chi connectivity index (χ4v) is 2.57. The summed E-state index contributed by atoms with van der Waals surface area (Å²) in [7, 11) is 0. The zero-order chi connectivity index (χ0) is 14.9. The van der Waals surface area contributed by atoms with E-state index in [4.69, 9.17) is 0 Å². The number of aromatic nitrogens is 2. The van der Waals surface area contributed by atoms with E-state index in [0.717, 1.165) is 29.3 Å². The van der Waals surface area contributed by atoms with Crippen LogP contribution >= 0.6 is 0 Å². The second-order valence-electron chi connectivity index (χ2n) is 5.55. The number of nitrogens with zero attached hydrogens (tertiary/aromatic N) is 2. The van der Waals surface area contributed by atoms with Crippen molar-refractivity contribution in [3.8, 4) is 11.3 Å². The van der Waals surface area contributed by atoms with Gasteiger partial charge in [-0.05, 0) is 18.9 Å². The molecule has 0 bridgehead atoms. The van der Waals surface area contributed by atoms with Gasteiger partial charge in [-0.15, -0.1) is 10.2 Å². The van der Waals surface area contributed by atoms with Gasteiger partial charge in [-0.1, -0.05) is 48.5 Å². The molecule has 0 unspecified atom stereocenters. The van der Waals surface area contributed by atoms with Crippen LogP contribution in [-0.4, -0.2) is 22.1 Å². The van der Waals surface area contributed by atoms with Gasteiger partial charge in [0.05, 0.1) is 11.1 Å². The molecule has 4 nitrogen and oxygen atoms in total. The van der Waals surface area contributed by atoms with Gasteiger partial charge in [0, 0.05) is 17.0 Å². The van der Waals surface area contributed by atoms with Crippen LogP contribution in [0.1, 0.15) is 23.2 Å². The van der Waals surface area contributed by atoms with Crippen LogP contribution in [0.3, 0.4) is 0 Å². The monoisotopic (exact) mass is 289 g/mol. The van der Waals surface area contributed by atoms with Crippen LogP contribution in [-0.2, 0) is 0 Å². The van der Waals surface area contributed by atoms with Gasteiger partial charge in [-0.25, -0.2) is 0 Å². The summed E-state index contributed by atoms with van der Waals surface area (Å²) in [6.45, 7) is 0. The van der Waals surface area contributed by atoms with E-state index in [0.29, 0.717) is 17.3 Å². The Bertz CT molecular complexity index is 841. The molecule has 1 aromatic heterocycles. The van der Waals surface area contributed by atoms with Gasteiger partial charge >= 0.3 is 0 Å². The average Bonchev–Trinajstić information content (AvgIpc) is 3.38. The molecule has 108 valence electrons. The van der Waals surface area contributed by atoms with Crippen molar-refractivity contribution in [2.24, 2.45) is 0 Å². The maximum atomic E-state index is 12.7. The van der Waals surface area contributed by atoms with E-state index in [-0.39, 0.29) is 5.91 Å². The molecule has 4 heteroatoms. The van der Waals surface area contributed by atoms with Crippen molar-refractivity contribution in [2.75, 3.05) is 0 Å². The lowest BCUT2D eigenvalue weighted by Gasteiger charge is -2.11. The van der Waals surface area contributed by atoms with E-state index < -0.39 is 0 Å². The third kappa shape index (κ3) is 2.33. The molecule has 1 saturated carbocycles. The first-order chi connectivity index (χ1) is 10.8. The summed E-state index contributed by atoms with van der Waals surface area (Å²) in [6, 6.07) is 17.7. The third-order valence-corrected chi connectivity index (χ3v) is 3.85. The van der Waals surface area contributed by atoms with Gasteiger partial charge in [0.15, 0.2) is 0 Å². The maximum absolute atomic E-state index is 12.7. The lowest BCUT2D eigenvalue weighted by atomic mass is 10.0. The molecule has 2 aromatic carbocycles. The normalized spacial score (nSPS) is 14.0. The van der Waals surface area contributed by atoms with E-state index in [9.17, 15) is 4.79 Å². The number of carbonyl (C=O) groups is 1. The number of hydrogen-bond acceptors (Lipinski definition) is 3. The van der Waals surface area contributed by atoms with E-state index in [1.54, 1.807) is 0 Å². The summed E-state index contributed by atoms with van der Waals surface area (Å²) in [5.41, 5.74) is 2.89. The van der Waals surface area contributed by atoms with Crippen LogP contribution in [0, 0.1) is 0 Å². The van der Waals surface area contributed by atoms with Crippen molar-refractivity contribution in [1.82, 2.24) is 15.5 Å². The molecule has 1 amide bonds. The first-order valence-corrected chi connectivity index (χ1v) is 7.44. The summed E-state index contributed by atoms with van der Waals surface area (Å²) >= 11 is 0. The minimum Gasteiger partial charge on any atom is -0.349 e. The van der Waals surface area contributed by atoms with Crippen LogP contribution < -0.4 is 5.32 Å². The van der Waals surface area contributed by atoms with Crippen molar-refractivity contribution in [2.45, 2.75) is 18.9 Å². The Balaban J connectivity index is 1.93. The van der Waals surface area contributed by atoms with Crippen LogP contribution in [0.2, 0.25) is 0 Å². The minimum absolute atomic E-state index is 0.0625. The number of rotatable bonds is 3. The highest BCUT2D eigenvalue weighted by Gasteiger charge is 2.27. The summed E-state index contributed by atoms with van der Waals surface area (Å²) in [6.07, 6.45) is 2.12. The van der Waals surface area contributed by atoms with E-state index in [1.807, 2.05) is 54.6 Å². The fraction of sp³-hybridized carbons (Fsp3) is 0.167. The molecule has 0 radical (unpaired) electrons. The topological polar surface area (TPSA) is 54.9 Å². The standard InChI is InChI=1S/C18H15N3O/c22-18(19-13-10-11-13)16-14-8-4-5-9-15(14)20-21-17(16)12-6-2-1-3-7-12/h1-9,13H,10-11H2,(H,19,22). The number of benzene rings is 2. The molecule has 1 heterocycles. The molecule has 0 atom stereocenters. The Morgan fingerprint density at radius 2 is 1.68 bits per heavy atom. The van der Waals surface area contributed by atoms with Gasteiger partial charge in [0.1, 0.15) is 5.69 Å². The quantitative estimate of drug-likeness (QED) is 0.805. The Labute approximate surface area is 128 Å². The highest BCUT2D eigenvalue weighted by Crippen LogP contribution is 2.28. The molecule has 0 spiro atoms. The third-order valence-electron chi connectivity index (χ3n) is 3.85. The van der Waals surface area contributed by atoms with Gasteiger partial charge in [0.2, 0.25) is 0 Å². The highest BCUT2D eigenvalue weighted by atomic mass is 16.1. The van der Waals surface area contributed by atoms with Gasteiger partial charge in [-0.2, -0.15) is 0 Å². The van der Waals surface area contributed by atoms with E-state index in [1.165, 1.54) is 0 Å². The number of hydrogen-bond donors (Lipinski definition) is 1. The Morgan fingerprint density at radius 3 is 2.45 bits per heavy atom. The first-order valence-electron chi connectivity index (χ1n) is 7.44. The molecular formula is C18H15N3O. The predicted octanol–water partition coefficient (Wildman–Crippen LogP) is 3.19. The molecule has 1 aliphatic rings. The number of amides is 1. The van der Waals surface area contributed by atoms with Gasteiger partial charge in [-0.3, -0.25) is 4.79 Å². The maximum Gasteiger partial charge on any atom is 0.254 e. The summed E-state index contributed by atoms with van der Waals surface area (Å²) in [4.78, 5) is 12.7. The largest absolute Gasteiger partial charge is 0.349 e. The van der Waals surface area contributed by atoms with Crippen LogP contribution in [0.15, 0.2) is 54.6 Å². The lowest BCUT2D eigenvalue weighted by molar-refractivity contribution is 0.0953. The first kappa shape index (κ1) is 13.0. The molecule has 22 heavy (non-hydrogen) atoms. The fourth-order valence-electron chi connectivity index (χ4n) is 2.57. The van der Waals surface area contributed by atoms with Gasteiger partial charge in [0.25, 0.3) is 5.91 Å². The molecule has 3 aromatic rings. The molecule has 0 saturated heterocycles. The second kappa shape index (κ2) is 5.22. The second-order valence-corrected chi connectivity index (χ2v) is 5.55. The molecule has 1 aliphatic carbocycles. The zero-order valence-corrected chi connectivity index (χ0v) is 12.0. The molecule has 1 fully saturated rings. The SMILES string of the molecule is O=C(NC1CC1)c1c(-c2ccccc2)nnc2ccccc12. The summed E-state index contributed by atoms with van der Waals surface area (Å²) in [5.74, 6) is -0.0625. The van der Waals surface area contributed by atoms with Gasteiger partial charge < -0.3 is 5.32 Å². The smallest absolute Gasteiger partial charge is 0.254 e. The molecular weight excluding hydrogens is 274 g/mol. The Morgan fingerprint density at radius 1 is 0.955 bits per heavy atom.